The second-order valence-corrected chi connectivity index (χ2v) is 7.55. The Morgan fingerprint density at radius 3 is 2.68 bits per heavy atom. The molecule has 6 nitrogen and oxygen atoms in total. The van der Waals surface area contributed by atoms with Crippen LogP contribution in [0, 0.1) is 0 Å². The maximum atomic E-state index is 5.74. The van der Waals surface area contributed by atoms with Gasteiger partial charge in [0.15, 0.2) is 0 Å². The van der Waals surface area contributed by atoms with Gasteiger partial charge in [-0.25, -0.2) is 0 Å². The number of thiophene rings is 1. The first-order valence-corrected chi connectivity index (χ1v) is 9.44. The normalized spacial score (nSPS) is 12.4. The summed E-state index contributed by atoms with van der Waals surface area (Å²) in [5.41, 5.74) is 1.13. The van der Waals surface area contributed by atoms with Crippen LogP contribution in [0.1, 0.15) is 29.5 Å². The van der Waals surface area contributed by atoms with Crippen LogP contribution in [0.5, 0.6) is 0 Å². The van der Waals surface area contributed by atoms with E-state index in [0.29, 0.717) is 29.3 Å². The van der Waals surface area contributed by atoms with Gasteiger partial charge in [-0.15, -0.1) is 31.7 Å². The van der Waals surface area contributed by atoms with Gasteiger partial charge in [-0.1, -0.05) is 48.2 Å². The van der Waals surface area contributed by atoms with E-state index in [-0.39, 0.29) is 5.25 Å². The van der Waals surface area contributed by atoms with Gasteiger partial charge in [-0.3, -0.25) is 0 Å². The fourth-order valence-electron chi connectivity index (χ4n) is 2.23. The van der Waals surface area contributed by atoms with Gasteiger partial charge in [0.1, 0.15) is 0 Å². The van der Waals surface area contributed by atoms with Crippen LogP contribution in [0.4, 0.5) is 0 Å². The summed E-state index contributed by atoms with van der Waals surface area (Å²) in [6.45, 7) is 1.97. The highest BCUT2D eigenvalue weighted by atomic mass is 32.2. The van der Waals surface area contributed by atoms with E-state index < -0.39 is 0 Å². The van der Waals surface area contributed by atoms with Crippen LogP contribution in [-0.4, -0.2) is 20.4 Å². The largest absolute Gasteiger partial charge is 0.419 e. The number of rotatable bonds is 6. The molecule has 1 unspecified atom stereocenters. The zero-order valence-electron chi connectivity index (χ0n) is 13.3. The lowest BCUT2D eigenvalue weighted by molar-refractivity contribution is 0.418. The number of aromatic nitrogens is 4. The van der Waals surface area contributed by atoms with Gasteiger partial charge in [0.2, 0.25) is 11.8 Å². The summed E-state index contributed by atoms with van der Waals surface area (Å²) in [7, 11) is 0. The van der Waals surface area contributed by atoms with Crippen molar-refractivity contribution in [2.75, 3.05) is 0 Å². The fraction of sp³-hybridized carbons (Fsp3) is 0.176. The second-order valence-electron chi connectivity index (χ2n) is 5.31. The second kappa shape index (κ2) is 7.20. The Labute approximate surface area is 152 Å². The molecule has 0 saturated carbocycles. The fourth-order valence-corrected chi connectivity index (χ4v) is 3.60. The average molecular weight is 370 g/mol. The summed E-state index contributed by atoms with van der Waals surface area (Å²) in [4.78, 5) is 0.957. The van der Waals surface area contributed by atoms with Gasteiger partial charge >= 0.3 is 0 Å². The molecule has 0 N–H and O–H groups in total. The van der Waals surface area contributed by atoms with Crippen LogP contribution >= 0.6 is 23.1 Å². The first-order valence-electron chi connectivity index (χ1n) is 7.68. The number of nitrogens with zero attached hydrogens (tertiary/aromatic N) is 4. The van der Waals surface area contributed by atoms with Crippen molar-refractivity contribution in [1.82, 2.24) is 20.4 Å². The molecule has 0 spiro atoms. The van der Waals surface area contributed by atoms with E-state index in [1.165, 1.54) is 11.8 Å². The number of benzene rings is 1. The molecule has 25 heavy (non-hydrogen) atoms. The zero-order valence-corrected chi connectivity index (χ0v) is 15.0. The molecular formula is C17H14N4O2S2. The quantitative estimate of drug-likeness (QED) is 0.458. The van der Waals surface area contributed by atoms with E-state index in [1.807, 2.05) is 54.8 Å². The Kier molecular flexibility index (Phi) is 4.62. The first-order chi connectivity index (χ1) is 12.3. The van der Waals surface area contributed by atoms with E-state index in [0.717, 1.165) is 10.4 Å². The van der Waals surface area contributed by atoms with Gasteiger partial charge in [-0.2, -0.15) is 0 Å². The van der Waals surface area contributed by atoms with Crippen molar-refractivity contribution in [2.45, 2.75) is 23.8 Å². The summed E-state index contributed by atoms with van der Waals surface area (Å²) in [6, 6.07) is 13.9. The molecule has 0 bridgehead atoms. The minimum atomic E-state index is -0.0776. The molecule has 0 saturated heterocycles. The van der Waals surface area contributed by atoms with Gasteiger partial charge in [0.25, 0.3) is 11.1 Å². The summed E-state index contributed by atoms with van der Waals surface area (Å²) in [5, 5.41) is 18.8. The molecule has 4 rings (SSSR count). The smallest absolute Gasteiger partial charge is 0.277 e. The molecule has 3 aromatic heterocycles. The number of hydrogen-bond acceptors (Lipinski definition) is 8. The van der Waals surface area contributed by atoms with E-state index in [2.05, 4.69) is 20.4 Å². The Bertz CT molecular complexity index is 935. The summed E-state index contributed by atoms with van der Waals surface area (Å²) in [5.74, 6) is 1.66. The number of hydrogen-bond donors (Lipinski definition) is 0. The van der Waals surface area contributed by atoms with Crippen molar-refractivity contribution in [3.05, 3.63) is 65.2 Å². The highest BCUT2D eigenvalue weighted by molar-refractivity contribution is 7.99. The third-order valence-corrected chi connectivity index (χ3v) is 5.22. The Morgan fingerprint density at radius 1 is 1.00 bits per heavy atom. The molecule has 1 aromatic carbocycles. The van der Waals surface area contributed by atoms with Crippen LogP contribution in [0.2, 0.25) is 0 Å². The number of thioether (sulfide) groups is 1. The predicted molar refractivity (Wildman–Crippen MR) is 95.4 cm³/mol. The highest BCUT2D eigenvalue weighted by Gasteiger charge is 2.19. The Hall–Kier alpha value is -2.45. The van der Waals surface area contributed by atoms with Crippen LogP contribution in [-0.2, 0) is 6.42 Å². The molecule has 0 aliphatic heterocycles. The van der Waals surface area contributed by atoms with Crippen LogP contribution in [0.25, 0.3) is 10.8 Å². The Morgan fingerprint density at radius 2 is 1.88 bits per heavy atom. The van der Waals surface area contributed by atoms with Gasteiger partial charge in [-0.05, 0) is 23.9 Å². The minimum Gasteiger partial charge on any atom is -0.419 e. The van der Waals surface area contributed by atoms with Crippen molar-refractivity contribution in [1.29, 1.82) is 0 Å². The summed E-state index contributed by atoms with van der Waals surface area (Å²) < 4.78 is 11.5. The average Bonchev–Trinajstić information content (AvgIpc) is 3.37. The molecular weight excluding hydrogens is 356 g/mol. The molecule has 0 fully saturated rings. The predicted octanol–water partition coefficient (Wildman–Crippen LogP) is 4.63. The lowest BCUT2D eigenvalue weighted by atomic mass is 10.2. The molecule has 4 aromatic rings. The van der Waals surface area contributed by atoms with Crippen molar-refractivity contribution < 1.29 is 8.83 Å². The molecule has 0 aliphatic rings. The third-order valence-electron chi connectivity index (χ3n) is 3.44. The minimum absolute atomic E-state index is 0.0776. The van der Waals surface area contributed by atoms with E-state index in [4.69, 9.17) is 8.83 Å². The zero-order chi connectivity index (χ0) is 17.1. The molecule has 0 aliphatic carbocycles. The summed E-state index contributed by atoms with van der Waals surface area (Å²) >= 11 is 2.97. The van der Waals surface area contributed by atoms with Gasteiger partial charge in [0, 0.05) is 0 Å². The van der Waals surface area contributed by atoms with Crippen molar-refractivity contribution in [3.63, 3.8) is 0 Å². The van der Waals surface area contributed by atoms with Crippen LogP contribution in [0.15, 0.2) is 61.9 Å². The van der Waals surface area contributed by atoms with Crippen LogP contribution < -0.4 is 0 Å². The monoisotopic (exact) mass is 370 g/mol. The van der Waals surface area contributed by atoms with E-state index >= 15 is 0 Å². The van der Waals surface area contributed by atoms with Crippen LogP contribution in [0.3, 0.4) is 0 Å². The maximum Gasteiger partial charge on any atom is 0.277 e. The van der Waals surface area contributed by atoms with Gasteiger partial charge < -0.3 is 8.83 Å². The highest BCUT2D eigenvalue weighted by Crippen LogP contribution is 2.35. The molecule has 1 atom stereocenters. The van der Waals surface area contributed by atoms with Gasteiger partial charge in [0.05, 0.1) is 16.5 Å². The lowest BCUT2D eigenvalue weighted by Gasteiger charge is -2.01. The molecule has 126 valence electrons. The molecule has 0 amide bonds. The van der Waals surface area contributed by atoms with Crippen molar-refractivity contribution in [2.24, 2.45) is 0 Å². The van der Waals surface area contributed by atoms with Crippen molar-refractivity contribution >= 4 is 23.1 Å². The Balaban J connectivity index is 1.42. The standard InChI is InChI=1S/C17H14N4O2S2/c1-11(15-19-20-16(23-15)13-8-5-9-24-13)25-17-21-18-14(22-17)10-12-6-3-2-4-7-12/h2-9,11H,10H2,1H3. The first kappa shape index (κ1) is 16.0. The molecule has 3 heterocycles. The topological polar surface area (TPSA) is 77.8 Å². The molecule has 8 heteroatoms. The van der Waals surface area contributed by atoms with Crippen molar-refractivity contribution in [3.8, 4) is 10.8 Å². The molecule has 0 radical (unpaired) electrons. The maximum absolute atomic E-state index is 5.74. The summed E-state index contributed by atoms with van der Waals surface area (Å²) in [6.07, 6.45) is 0.617. The third kappa shape index (κ3) is 3.80. The van der Waals surface area contributed by atoms with E-state index in [1.54, 1.807) is 11.3 Å². The lowest BCUT2D eigenvalue weighted by Crippen LogP contribution is -1.88. The SMILES string of the molecule is CC(Sc1nnc(Cc2ccccc2)o1)c1nnc(-c2cccs2)o1. The van der Waals surface area contributed by atoms with E-state index in [9.17, 15) is 0 Å².